The summed E-state index contributed by atoms with van der Waals surface area (Å²) in [6.45, 7) is 35.3. The van der Waals surface area contributed by atoms with Crippen LogP contribution in [0.25, 0.3) is 22.1 Å². The Kier molecular flexibility index (Phi) is 10.5. The number of hydrogen-bond donors (Lipinski definition) is 0. The van der Waals surface area contributed by atoms with Crippen molar-refractivity contribution >= 4 is 85.5 Å². The lowest BCUT2D eigenvalue weighted by atomic mass is 9.35. The highest BCUT2D eigenvalue weighted by atomic mass is 16.3. The molecule has 0 unspecified atom stereocenters. The topological polar surface area (TPSA) is 22.9 Å². The SMILES string of the molecule is [2H]c1c([2H])c([2H])c(N(c2ccc(-c3ccccc3)cc2)c2cc3c4c(c2)N(c2ccc(C(C)(C)C)cc2)c2c(oc5cc6c(cc25)C(C)(C)CCC6(C)C)B4c2cc4c(cc2N3c2ccc3c(c2)C(C)(C)CCC3(C)C)C(C)(C)CCC4(C)C)c([2H])c1[2H]. The van der Waals surface area contributed by atoms with Crippen molar-refractivity contribution in [2.45, 2.75) is 180 Å². The number of anilines is 9. The minimum atomic E-state index is -0.435. The maximum Gasteiger partial charge on any atom is 0.297 e. The van der Waals surface area contributed by atoms with E-state index in [0.717, 1.165) is 106 Å². The van der Waals surface area contributed by atoms with Gasteiger partial charge in [-0.2, -0.15) is 0 Å². The summed E-state index contributed by atoms with van der Waals surface area (Å²) in [5, 5.41) is 1.05. The normalized spacial score (nSPS) is 19.8. The third kappa shape index (κ3) is 8.42. The molecule has 4 nitrogen and oxygen atoms in total. The summed E-state index contributed by atoms with van der Waals surface area (Å²) in [6.07, 6.45) is 6.39. The molecule has 420 valence electrons. The van der Waals surface area contributed by atoms with E-state index in [9.17, 15) is 5.48 Å². The number of benzene rings is 8. The zero-order chi connectivity index (χ0) is 62.5. The van der Waals surface area contributed by atoms with Crippen molar-refractivity contribution in [2.75, 3.05) is 14.7 Å². The van der Waals surface area contributed by atoms with Gasteiger partial charge in [0.25, 0.3) is 6.71 Å². The fraction of sp³-hybridized carbons (Fsp3) is 0.359. The number of rotatable bonds is 6. The van der Waals surface area contributed by atoms with Crippen LogP contribution >= 0.6 is 0 Å². The van der Waals surface area contributed by atoms with E-state index >= 15 is 0 Å². The average Bonchev–Trinajstić information content (AvgIpc) is 1.21. The standard InChI is InChI=1S/C78H84BN3O/c1-72(2,3)51-28-32-54(33-29-51)82-67-44-56(80(52-24-20-17-21-25-52)53-30-26-50(27-31-53)49-22-18-16-19-23-49)43-66-69(67)79(71-70(82)57-45-60-63(48-68(57)83-71)78(14,15)41-38-75(60,8)9)64-46-61-62(77(12,13)40-39-76(61,10)11)47-65(64)81(66)55-34-35-58-59(42-55)74(6,7)37-36-73(58,4)5/h16-35,42-48H,36-41H2,1-15H3/i17D,20D,21D,24D,25D. The van der Waals surface area contributed by atoms with E-state index in [4.69, 9.17) is 5.79 Å². The van der Waals surface area contributed by atoms with Crippen LogP contribution in [0, 0.1) is 0 Å². The summed E-state index contributed by atoms with van der Waals surface area (Å²) in [5.41, 5.74) is 22.2. The minimum Gasteiger partial charge on any atom is -0.468 e. The second-order valence-electron chi connectivity index (χ2n) is 30.2. The third-order valence-electron chi connectivity index (χ3n) is 20.9. The molecule has 8 aromatic carbocycles. The van der Waals surface area contributed by atoms with Crippen molar-refractivity contribution in [2.24, 2.45) is 0 Å². The highest BCUT2D eigenvalue weighted by molar-refractivity contribution is 7.00. The summed E-state index contributed by atoms with van der Waals surface area (Å²) in [6, 6.07) is 47.5. The molecule has 14 rings (SSSR count). The highest BCUT2D eigenvalue weighted by Crippen LogP contribution is 2.56. The highest BCUT2D eigenvalue weighted by Gasteiger charge is 2.51. The van der Waals surface area contributed by atoms with Gasteiger partial charge in [0.2, 0.25) is 0 Å². The van der Waals surface area contributed by atoms with Crippen LogP contribution in [0.15, 0.2) is 168 Å². The molecule has 0 spiro atoms. The molecule has 0 atom stereocenters. The molecular weight excluding hydrogens is 1010 g/mol. The van der Waals surface area contributed by atoms with E-state index in [1.807, 2.05) is 35.2 Å². The van der Waals surface area contributed by atoms with Crippen molar-refractivity contribution in [1.82, 2.24) is 0 Å². The average molecular weight is 1100 g/mol. The van der Waals surface area contributed by atoms with Gasteiger partial charge in [0.05, 0.1) is 23.9 Å². The molecule has 2 aliphatic heterocycles. The maximum absolute atomic E-state index is 9.86. The Balaban J connectivity index is 1.17. The van der Waals surface area contributed by atoms with Gasteiger partial charge in [-0.15, -0.1) is 0 Å². The molecule has 0 N–H and O–H groups in total. The quantitative estimate of drug-likeness (QED) is 0.155. The Hall–Kier alpha value is -7.24. The van der Waals surface area contributed by atoms with Crippen molar-refractivity contribution in [3.05, 3.63) is 203 Å². The third-order valence-corrected chi connectivity index (χ3v) is 20.9. The molecular formula is C78H84BN3O. The largest absolute Gasteiger partial charge is 0.468 e. The molecule has 0 amide bonds. The Morgan fingerprint density at radius 2 is 0.964 bits per heavy atom. The Morgan fingerprint density at radius 3 is 1.55 bits per heavy atom. The number of nitrogens with zero attached hydrogens (tertiary/aromatic N) is 3. The van der Waals surface area contributed by atoms with Gasteiger partial charge in [0.15, 0.2) is 0 Å². The fourth-order valence-electron chi connectivity index (χ4n) is 15.3. The Labute approximate surface area is 503 Å². The molecule has 0 bridgehead atoms. The lowest BCUT2D eigenvalue weighted by Crippen LogP contribution is -2.61. The molecule has 1 aromatic heterocycles. The van der Waals surface area contributed by atoms with Gasteiger partial charge in [0.1, 0.15) is 5.58 Å². The van der Waals surface area contributed by atoms with E-state index in [0.29, 0.717) is 11.4 Å². The summed E-state index contributed by atoms with van der Waals surface area (Å²) in [5.74, 6) is 0. The van der Waals surface area contributed by atoms with Gasteiger partial charge in [0, 0.05) is 45.2 Å². The van der Waals surface area contributed by atoms with Crippen LogP contribution in [0.2, 0.25) is 0 Å². The zero-order valence-electron chi connectivity index (χ0n) is 56.8. The van der Waals surface area contributed by atoms with Crippen LogP contribution in [0.3, 0.4) is 0 Å². The van der Waals surface area contributed by atoms with Crippen LogP contribution in [-0.4, -0.2) is 6.71 Å². The summed E-state index contributed by atoms with van der Waals surface area (Å²) < 4.78 is 55.0. The molecule has 9 aromatic rings. The molecule has 83 heavy (non-hydrogen) atoms. The number of furan rings is 1. The maximum atomic E-state index is 9.86. The molecule has 5 aliphatic rings. The Bertz CT molecular complexity index is 4360. The predicted octanol–water partition coefficient (Wildman–Crippen LogP) is 20.0. The summed E-state index contributed by atoms with van der Waals surface area (Å²) in [7, 11) is 0. The van der Waals surface area contributed by atoms with Gasteiger partial charge < -0.3 is 19.1 Å². The van der Waals surface area contributed by atoms with Crippen LogP contribution in [0.4, 0.5) is 51.2 Å². The zero-order valence-corrected chi connectivity index (χ0v) is 51.8. The monoisotopic (exact) mass is 1090 g/mol. The van der Waals surface area contributed by atoms with Crippen LogP contribution in [0.5, 0.6) is 0 Å². The first-order chi connectivity index (χ1) is 41.3. The van der Waals surface area contributed by atoms with E-state index in [1.54, 1.807) is 0 Å². The van der Waals surface area contributed by atoms with Crippen LogP contribution in [0.1, 0.15) is 188 Å². The van der Waals surface area contributed by atoms with Crippen LogP contribution < -0.4 is 31.3 Å². The van der Waals surface area contributed by atoms with E-state index in [-0.39, 0.29) is 62.4 Å². The van der Waals surface area contributed by atoms with Crippen molar-refractivity contribution in [3.63, 3.8) is 0 Å². The predicted molar refractivity (Wildman–Crippen MR) is 355 cm³/mol. The second-order valence-corrected chi connectivity index (χ2v) is 30.2. The van der Waals surface area contributed by atoms with Gasteiger partial charge in [-0.3, -0.25) is 0 Å². The second kappa shape index (κ2) is 18.1. The smallest absolute Gasteiger partial charge is 0.297 e. The first-order valence-electron chi connectivity index (χ1n) is 33.2. The molecule has 0 fully saturated rings. The number of hydrogen-bond acceptors (Lipinski definition) is 4. The molecule has 5 heteroatoms. The fourth-order valence-corrected chi connectivity index (χ4v) is 15.3. The van der Waals surface area contributed by atoms with Gasteiger partial charge in [-0.05, 0) is 216 Å². The first-order valence-corrected chi connectivity index (χ1v) is 30.7. The van der Waals surface area contributed by atoms with Gasteiger partial charge in [-0.25, -0.2) is 0 Å². The molecule has 3 heterocycles. The minimum absolute atomic E-state index is 0.0209. The molecule has 3 aliphatic carbocycles. The van der Waals surface area contributed by atoms with Gasteiger partial charge in [-0.1, -0.05) is 189 Å². The summed E-state index contributed by atoms with van der Waals surface area (Å²) >= 11 is 0. The van der Waals surface area contributed by atoms with Crippen molar-refractivity contribution < 1.29 is 11.3 Å². The molecule has 0 saturated carbocycles. The molecule has 0 saturated heterocycles. The number of para-hydroxylation sites is 1. The lowest BCUT2D eigenvalue weighted by Gasteiger charge is -2.47. The van der Waals surface area contributed by atoms with Crippen molar-refractivity contribution in [1.29, 1.82) is 0 Å². The first kappa shape index (κ1) is 48.2. The Morgan fingerprint density at radius 1 is 0.458 bits per heavy atom. The van der Waals surface area contributed by atoms with Crippen LogP contribution in [-0.2, 0) is 37.9 Å². The van der Waals surface area contributed by atoms with E-state index in [2.05, 4.69) is 217 Å². The van der Waals surface area contributed by atoms with Crippen molar-refractivity contribution in [3.8, 4) is 11.1 Å². The van der Waals surface area contributed by atoms with E-state index in [1.165, 1.54) is 44.4 Å². The lowest BCUT2D eigenvalue weighted by molar-refractivity contribution is 0.332. The number of fused-ring (bicyclic) bond motifs is 9. The van der Waals surface area contributed by atoms with E-state index < -0.39 is 18.1 Å². The van der Waals surface area contributed by atoms with Gasteiger partial charge >= 0.3 is 0 Å². The summed E-state index contributed by atoms with van der Waals surface area (Å²) in [4.78, 5) is 6.91. The molecule has 0 radical (unpaired) electrons.